The van der Waals surface area contributed by atoms with E-state index < -0.39 is 0 Å². The Labute approximate surface area is 165 Å². The van der Waals surface area contributed by atoms with E-state index in [1.807, 2.05) is 25.1 Å². The lowest BCUT2D eigenvalue weighted by molar-refractivity contribution is 0.0930. The molecule has 2 heterocycles. The summed E-state index contributed by atoms with van der Waals surface area (Å²) in [6.07, 6.45) is 0. The molecule has 0 fully saturated rings. The second-order valence-corrected chi connectivity index (χ2v) is 6.85. The van der Waals surface area contributed by atoms with E-state index in [9.17, 15) is 4.79 Å². The third-order valence-electron chi connectivity index (χ3n) is 4.18. The summed E-state index contributed by atoms with van der Waals surface area (Å²) in [5, 5.41) is 7.65. The van der Waals surface area contributed by atoms with Crippen molar-refractivity contribution in [3.8, 4) is 22.8 Å². The summed E-state index contributed by atoms with van der Waals surface area (Å²) in [6.45, 7) is 2.07. The lowest BCUT2D eigenvalue weighted by Gasteiger charge is -2.13. The quantitative estimate of drug-likeness (QED) is 0.671. The molecule has 0 saturated carbocycles. The zero-order valence-corrected chi connectivity index (χ0v) is 15.7. The summed E-state index contributed by atoms with van der Waals surface area (Å²) in [4.78, 5) is 12.5. The number of carbonyl (C=O) groups excluding carboxylic acids is 1. The fraction of sp³-hybridized carbons (Fsp3) is 0.158. The van der Waals surface area contributed by atoms with E-state index in [2.05, 4.69) is 10.5 Å². The highest BCUT2D eigenvalue weighted by molar-refractivity contribution is 6.36. The van der Waals surface area contributed by atoms with Crippen LogP contribution in [0.4, 0.5) is 0 Å². The van der Waals surface area contributed by atoms with Crippen LogP contribution < -0.4 is 14.8 Å². The molecule has 1 aliphatic heterocycles. The molecular weight excluding hydrogens is 391 g/mol. The number of ether oxygens (including phenoxy) is 2. The minimum Gasteiger partial charge on any atom is -0.454 e. The van der Waals surface area contributed by atoms with Gasteiger partial charge in [0.25, 0.3) is 5.91 Å². The second-order valence-electron chi connectivity index (χ2n) is 6.01. The van der Waals surface area contributed by atoms with Crippen LogP contribution >= 0.6 is 23.2 Å². The molecule has 0 bridgehead atoms. The maximum Gasteiger partial charge on any atom is 0.273 e. The standard InChI is InChI=1S/C19H14Cl2N2O4/c1-10(11-2-5-16-18(6-11)26-9-25-16)22-19(24)15-8-17(27-23-15)13-4-3-12(20)7-14(13)21/h2-8,10H,9H2,1H3,(H,22,24)/t10-/m0/s1. The van der Waals surface area contributed by atoms with Crippen molar-refractivity contribution in [1.82, 2.24) is 10.5 Å². The lowest BCUT2D eigenvalue weighted by atomic mass is 10.1. The van der Waals surface area contributed by atoms with E-state index in [0.29, 0.717) is 32.9 Å². The van der Waals surface area contributed by atoms with Crippen LogP contribution in [-0.4, -0.2) is 17.9 Å². The first kappa shape index (κ1) is 17.7. The van der Waals surface area contributed by atoms with Crippen molar-refractivity contribution in [3.63, 3.8) is 0 Å². The van der Waals surface area contributed by atoms with Crippen LogP contribution in [0.3, 0.4) is 0 Å². The number of nitrogens with one attached hydrogen (secondary N) is 1. The number of aromatic nitrogens is 1. The van der Waals surface area contributed by atoms with Crippen LogP contribution in [0.2, 0.25) is 10.0 Å². The molecule has 6 nitrogen and oxygen atoms in total. The van der Waals surface area contributed by atoms with Gasteiger partial charge in [-0.1, -0.05) is 34.4 Å². The third-order valence-corrected chi connectivity index (χ3v) is 4.73. The Hall–Kier alpha value is -2.70. The number of rotatable bonds is 4. The molecule has 1 N–H and O–H groups in total. The smallest absolute Gasteiger partial charge is 0.273 e. The molecule has 2 aromatic carbocycles. The Balaban J connectivity index is 1.49. The average molecular weight is 405 g/mol. The second kappa shape index (κ2) is 7.13. The van der Waals surface area contributed by atoms with Crippen LogP contribution in [-0.2, 0) is 0 Å². The number of hydrogen-bond acceptors (Lipinski definition) is 5. The first-order valence-corrected chi connectivity index (χ1v) is 8.89. The van der Waals surface area contributed by atoms with Crippen LogP contribution in [0.15, 0.2) is 47.0 Å². The zero-order valence-electron chi connectivity index (χ0n) is 14.2. The van der Waals surface area contributed by atoms with Gasteiger partial charge in [-0.15, -0.1) is 0 Å². The molecule has 0 unspecified atom stereocenters. The summed E-state index contributed by atoms with van der Waals surface area (Å²) in [6, 6.07) is 11.8. The topological polar surface area (TPSA) is 73.6 Å². The van der Waals surface area contributed by atoms with Crippen molar-refractivity contribution < 1.29 is 18.8 Å². The van der Waals surface area contributed by atoms with Crippen LogP contribution in [0, 0.1) is 0 Å². The molecule has 1 aromatic heterocycles. The molecule has 0 radical (unpaired) electrons. The van der Waals surface area contributed by atoms with Crippen molar-refractivity contribution in [1.29, 1.82) is 0 Å². The maximum atomic E-state index is 12.5. The summed E-state index contributed by atoms with van der Waals surface area (Å²) in [7, 11) is 0. The third kappa shape index (κ3) is 3.59. The van der Waals surface area contributed by atoms with Gasteiger partial charge in [-0.05, 0) is 42.8 Å². The molecule has 1 atom stereocenters. The van der Waals surface area contributed by atoms with E-state index in [-0.39, 0.29) is 24.4 Å². The summed E-state index contributed by atoms with van der Waals surface area (Å²) in [5.74, 6) is 1.38. The van der Waals surface area contributed by atoms with Gasteiger partial charge < -0.3 is 19.3 Å². The molecule has 4 rings (SSSR count). The Morgan fingerprint density at radius 2 is 1.93 bits per heavy atom. The number of amides is 1. The fourth-order valence-corrected chi connectivity index (χ4v) is 3.24. The van der Waals surface area contributed by atoms with E-state index in [4.69, 9.17) is 37.2 Å². The Morgan fingerprint density at radius 1 is 1.11 bits per heavy atom. The number of fused-ring (bicyclic) bond motifs is 1. The van der Waals surface area contributed by atoms with Gasteiger partial charge in [-0.2, -0.15) is 0 Å². The number of hydrogen-bond donors (Lipinski definition) is 1. The average Bonchev–Trinajstić information content (AvgIpc) is 3.30. The van der Waals surface area contributed by atoms with Gasteiger partial charge in [0.2, 0.25) is 6.79 Å². The SMILES string of the molecule is C[C@H](NC(=O)c1cc(-c2ccc(Cl)cc2Cl)on1)c1ccc2c(c1)OCO2. The largest absolute Gasteiger partial charge is 0.454 e. The molecule has 8 heteroatoms. The highest BCUT2D eigenvalue weighted by atomic mass is 35.5. The first-order chi connectivity index (χ1) is 13.0. The predicted octanol–water partition coefficient (Wildman–Crippen LogP) is 4.87. The maximum absolute atomic E-state index is 12.5. The van der Waals surface area contributed by atoms with Crippen molar-refractivity contribution in [3.05, 3.63) is 63.8 Å². The van der Waals surface area contributed by atoms with Gasteiger partial charge in [0.05, 0.1) is 11.1 Å². The summed E-state index contributed by atoms with van der Waals surface area (Å²) in [5.41, 5.74) is 1.65. The molecule has 0 aliphatic carbocycles. The van der Waals surface area contributed by atoms with Crippen LogP contribution in [0.5, 0.6) is 11.5 Å². The van der Waals surface area contributed by atoms with E-state index in [0.717, 1.165) is 5.56 Å². The molecule has 1 aliphatic rings. The lowest BCUT2D eigenvalue weighted by Crippen LogP contribution is -2.26. The number of halogens is 2. The molecule has 3 aromatic rings. The van der Waals surface area contributed by atoms with Crippen LogP contribution in [0.25, 0.3) is 11.3 Å². The highest BCUT2D eigenvalue weighted by Crippen LogP contribution is 2.34. The van der Waals surface area contributed by atoms with Gasteiger partial charge in [-0.25, -0.2) is 0 Å². The van der Waals surface area contributed by atoms with Crippen molar-refractivity contribution in [2.75, 3.05) is 6.79 Å². The Morgan fingerprint density at radius 3 is 2.74 bits per heavy atom. The highest BCUT2D eigenvalue weighted by Gasteiger charge is 2.20. The number of benzene rings is 2. The Kier molecular flexibility index (Phi) is 4.68. The summed E-state index contributed by atoms with van der Waals surface area (Å²) >= 11 is 12.1. The fourth-order valence-electron chi connectivity index (χ4n) is 2.73. The molecule has 0 spiro atoms. The molecular formula is C19H14Cl2N2O4. The molecule has 1 amide bonds. The van der Waals surface area contributed by atoms with Gasteiger partial charge in [0.1, 0.15) is 0 Å². The molecule has 0 saturated heterocycles. The van der Waals surface area contributed by atoms with Crippen molar-refractivity contribution in [2.45, 2.75) is 13.0 Å². The molecule has 138 valence electrons. The van der Waals surface area contributed by atoms with Gasteiger partial charge >= 0.3 is 0 Å². The molecule has 27 heavy (non-hydrogen) atoms. The van der Waals surface area contributed by atoms with Gasteiger partial charge in [0, 0.05) is 16.7 Å². The van der Waals surface area contributed by atoms with Gasteiger partial charge in [0.15, 0.2) is 23.0 Å². The Bertz CT molecular complexity index is 1020. The minimum absolute atomic E-state index is 0.156. The first-order valence-electron chi connectivity index (χ1n) is 8.14. The minimum atomic E-state index is -0.361. The predicted molar refractivity (Wildman–Crippen MR) is 100 cm³/mol. The van der Waals surface area contributed by atoms with E-state index in [1.165, 1.54) is 6.07 Å². The zero-order chi connectivity index (χ0) is 19.0. The van der Waals surface area contributed by atoms with Crippen molar-refractivity contribution in [2.24, 2.45) is 0 Å². The van der Waals surface area contributed by atoms with E-state index >= 15 is 0 Å². The normalized spacial score (nSPS) is 13.4. The van der Waals surface area contributed by atoms with E-state index in [1.54, 1.807) is 18.2 Å². The number of nitrogens with zero attached hydrogens (tertiary/aromatic N) is 1. The van der Waals surface area contributed by atoms with Gasteiger partial charge in [-0.3, -0.25) is 4.79 Å². The number of carbonyl (C=O) groups is 1. The van der Waals surface area contributed by atoms with Crippen LogP contribution in [0.1, 0.15) is 29.0 Å². The summed E-state index contributed by atoms with van der Waals surface area (Å²) < 4.78 is 15.9. The monoisotopic (exact) mass is 404 g/mol. The van der Waals surface area contributed by atoms with Crippen molar-refractivity contribution >= 4 is 29.1 Å².